The molecule has 0 saturated heterocycles. The van der Waals surface area contributed by atoms with Gasteiger partial charge in [-0.25, -0.2) is 0 Å². The summed E-state index contributed by atoms with van der Waals surface area (Å²) in [6.07, 6.45) is 0.943. The number of primary amides is 1. The average Bonchev–Trinajstić information content (AvgIpc) is 2.54. The van der Waals surface area contributed by atoms with E-state index in [0.717, 1.165) is 17.7 Å². The lowest BCUT2D eigenvalue weighted by Gasteiger charge is -2.25. The number of ether oxygens (including phenoxy) is 1. The number of rotatable bonds is 3. The van der Waals surface area contributed by atoms with Crippen molar-refractivity contribution in [3.63, 3.8) is 0 Å². The molecule has 1 aliphatic rings. The molecular weight excluding hydrogens is 292 g/mol. The van der Waals surface area contributed by atoms with Gasteiger partial charge in [0.1, 0.15) is 5.75 Å². The summed E-state index contributed by atoms with van der Waals surface area (Å²) in [7, 11) is 0. The molecule has 2 amide bonds. The van der Waals surface area contributed by atoms with Gasteiger partial charge < -0.3 is 15.8 Å². The molecule has 1 atom stereocenters. The van der Waals surface area contributed by atoms with Crippen molar-refractivity contribution >= 4 is 17.5 Å². The number of fused-ring (bicyclic) bond motifs is 1. The Kier molecular flexibility index (Phi) is 4.02. The van der Waals surface area contributed by atoms with E-state index >= 15 is 0 Å². The van der Waals surface area contributed by atoms with Crippen molar-refractivity contribution < 1.29 is 14.3 Å². The number of aryl methyl sites for hydroxylation is 2. The topological polar surface area (TPSA) is 81.4 Å². The van der Waals surface area contributed by atoms with Crippen molar-refractivity contribution in [2.75, 3.05) is 5.32 Å². The van der Waals surface area contributed by atoms with E-state index in [1.165, 1.54) is 5.56 Å². The minimum absolute atomic E-state index is 0.192. The largest absolute Gasteiger partial charge is 0.480 e. The van der Waals surface area contributed by atoms with Gasteiger partial charge in [-0.1, -0.05) is 17.7 Å². The van der Waals surface area contributed by atoms with Gasteiger partial charge in [0, 0.05) is 11.3 Å². The van der Waals surface area contributed by atoms with Crippen LogP contribution < -0.4 is 15.8 Å². The second-order valence-electron chi connectivity index (χ2n) is 5.69. The van der Waals surface area contributed by atoms with Gasteiger partial charge in [0.05, 0.1) is 0 Å². The summed E-state index contributed by atoms with van der Waals surface area (Å²) in [5.41, 5.74) is 8.53. The zero-order chi connectivity index (χ0) is 16.4. The van der Waals surface area contributed by atoms with Crippen LogP contribution >= 0.6 is 0 Å². The quantitative estimate of drug-likeness (QED) is 0.913. The van der Waals surface area contributed by atoms with E-state index in [4.69, 9.17) is 10.5 Å². The van der Waals surface area contributed by atoms with Gasteiger partial charge in [-0.3, -0.25) is 9.59 Å². The number of carbonyl (C=O) groups excluding carboxylic acids is 2. The van der Waals surface area contributed by atoms with Gasteiger partial charge in [-0.15, -0.1) is 0 Å². The van der Waals surface area contributed by atoms with Crippen molar-refractivity contribution in [3.8, 4) is 5.75 Å². The highest BCUT2D eigenvalue weighted by atomic mass is 16.5. The maximum absolute atomic E-state index is 12.3. The van der Waals surface area contributed by atoms with Crippen molar-refractivity contribution in [2.45, 2.75) is 25.9 Å². The molecule has 3 N–H and O–H groups in total. The standard InChI is InChI=1S/C18H18N2O3/c1-11-2-8-15-13(10-11)5-9-16(23-15)18(22)20-14-6-3-12(4-7-14)17(19)21/h2-4,6-8,10,16H,5,9H2,1H3,(H2,19,21)(H,20,22). The molecule has 0 spiro atoms. The monoisotopic (exact) mass is 310 g/mol. The van der Waals surface area contributed by atoms with Crippen molar-refractivity contribution in [3.05, 3.63) is 59.2 Å². The maximum atomic E-state index is 12.3. The highest BCUT2D eigenvalue weighted by Crippen LogP contribution is 2.28. The molecule has 23 heavy (non-hydrogen) atoms. The van der Waals surface area contributed by atoms with Crippen LogP contribution in [-0.4, -0.2) is 17.9 Å². The number of benzene rings is 2. The summed E-state index contributed by atoms with van der Waals surface area (Å²) in [6.45, 7) is 2.04. The Morgan fingerprint density at radius 3 is 2.61 bits per heavy atom. The smallest absolute Gasteiger partial charge is 0.265 e. The molecule has 118 valence electrons. The van der Waals surface area contributed by atoms with E-state index in [1.54, 1.807) is 24.3 Å². The SMILES string of the molecule is Cc1ccc2c(c1)CCC(C(=O)Nc1ccc(C(N)=O)cc1)O2. The fraction of sp³-hybridized carbons (Fsp3) is 0.222. The fourth-order valence-corrected chi connectivity index (χ4v) is 2.64. The number of amides is 2. The van der Waals surface area contributed by atoms with E-state index in [1.807, 2.05) is 19.1 Å². The average molecular weight is 310 g/mol. The Morgan fingerprint density at radius 2 is 1.91 bits per heavy atom. The molecule has 0 aliphatic carbocycles. The van der Waals surface area contributed by atoms with E-state index < -0.39 is 12.0 Å². The number of hydrogen-bond acceptors (Lipinski definition) is 3. The van der Waals surface area contributed by atoms with Crippen LogP contribution in [0.5, 0.6) is 5.75 Å². The van der Waals surface area contributed by atoms with Gasteiger partial charge in [-0.2, -0.15) is 0 Å². The van der Waals surface area contributed by atoms with Crippen LogP contribution in [-0.2, 0) is 11.2 Å². The minimum Gasteiger partial charge on any atom is -0.480 e. The third-order valence-corrected chi connectivity index (χ3v) is 3.89. The number of nitrogens with one attached hydrogen (secondary N) is 1. The van der Waals surface area contributed by atoms with E-state index in [-0.39, 0.29) is 5.91 Å². The lowest BCUT2D eigenvalue weighted by Crippen LogP contribution is -2.35. The first-order chi connectivity index (χ1) is 11.0. The normalized spacial score (nSPS) is 16.1. The summed E-state index contributed by atoms with van der Waals surface area (Å²) in [6, 6.07) is 12.4. The lowest BCUT2D eigenvalue weighted by atomic mass is 10.00. The summed E-state index contributed by atoms with van der Waals surface area (Å²) in [4.78, 5) is 23.4. The molecule has 0 fully saturated rings. The fourth-order valence-electron chi connectivity index (χ4n) is 2.64. The third-order valence-electron chi connectivity index (χ3n) is 3.89. The minimum atomic E-state index is -0.513. The molecule has 0 bridgehead atoms. The molecule has 2 aromatic rings. The van der Waals surface area contributed by atoms with E-state index in [0.29, 0.717) is 17.7 Å². The Hall–Kier alpha value is -2.82. The van der Waals surface area contributed by atoms with Crippen LogP contribution in [0.1, 0.15) is 27.9 Å². The predicted octanol–water partition coefficient (Wildman–Crippen LogP) is 2.43. The molecule has 0 saturated carbocycles. The predicted molar refractivity (Wildman–Crippen MR) is 87.5 cm³/mol. The number of carbonyl (C=O) groups is 2. The molecule has 5 heteroatoms. The van der Waals surface area contributed by atoms with Gasteiger partial charge in [0.15, 0.2) is 6.10 Å². The molecule has 1 unspecified atom stereocenters. The molecule has 2 aromatic carbocycles. The van der Waals surface area contributed by atoms with Crippen LogP contribution in [0.25, 0.3) is 0 Å². The zero-order valence-electron chi connectivity index (χ0n) is 12.8. The second kappa shape index (κ2) is 6.12. The molecule has 1 heterocycles. The summed E-state index contributed by atoms with van der Waals surface area (Å²) >= 11 is 0. The van der Waals surface area contributed by atoms with Crippen molar-refractivity contribution in [2.24, 2.45) is 5.73 Å². The first-order valence-electron chi connectivity index (χ1n) is 7.50. The molecule has 0 aromatic heterocycles. The summed E-state index contributed by atoms with van der Waals surface area (Å²) in [5, 5.41) is 2.80. The lowest BCUT2D eigenvalue weighted by molar-refractivity contribution is -0.123. The highest BCUT2D eigenvalue weighted by Gasteiger charge is 2.26. The maximum Gasteiger partial charge on any atom is 0.265 e. The van der Waals surface area contributed by atoms with Crippen LogP contribution in [0.15, 0.2) is 42.5 Å². The summed E-state index contributed by atoms with van der Waals surface area (Å²) in [5.74, 6) is 0.0829. The first-order valence-corrected chi connectivity index (χ1v) is 7.50. The second-order valence-corrected chi connectivity index (χ2v) is 5.69. The Balaban J connectivity index is 1.67. The van der Waals surface area contributed by atoms with Crippen LogP contribution in [0.2, 0.25) is 0 Å². The van der Waals surface area contributed by atoms with Crippen molar-refractivity contribution in [1.29, 1.82) is 0 Å². The molecule has 1 aliphatic heterocycles. The molecular formula is C18H18N2O3. The zero-order valence-corrected chi connectivity index (χ0v) is 12.8. The van der Waals surface area contributed by atoms with Gasteiger partial charge in [-0.05, 0) is 55.7 Å². The Bertz CT molecular complexity index is 753. The van der Waals surface area contributed by atoms with Crippen LogP contribution in [0.3, 0.4) is 0 Å². The van der Waals surface area contributed by atoms with Crippen molar-refractivity contribution in [1.82, 2.24) is 0 Å². The number of anilines is 1. The summed E-state index contributed by atoms with van der Waals surface area (Å²) < 4.78 is 5.80. The van der Waals surface area contributed by atoms with Crippen LogP contribution in [0, 0.1) is 6.92 Å². The molecule has 5 nitrogen and oxygen atoms in total. The number of hydrogen-bond donors (Lipinski definition) is 2. The first kappa shape index (κ1) is 15.1. The molecule has 3 rings (SSSR count). The number of nitrogens with two attached hydrogens (primary N) is 1. The van der Waals surface area contributed by atoms with Gasteiger partial charge >= 0.3 is 0 Å². The van der Waals surface area contributed by atoms with Gasteiger partial charge in [0.2, 0.25) is 5.91 Å². The Morgan fingerprint density at radius 1 is 1.17 bits per heavy atom. The van der Waals surface area contributed by atoms with E-state index in [9.17, 15) is 9.59 Å². The Labute approximate surface area is 134 Å². The third kappa shape index (κ3) is 3.34. The van der Waals surface area contributed by atoms with Crippen LogP contribution in [0.4, 0.5) is 5.69 Å². The highest BCUT2D eigenvalue weighted by molar-refractivity contribution is 5.96. The van der Waals surface area contributed by atoms with Gasteiger partial charge in [0.25, 0.3) is 5.91 Å². The molecule has 0 radical (unpaired) electrons. The van der Waals surface area contributed by atoms with E-state index in [2.05, 4.69) is 11.4 Å².